The van der Waals surface area contributed by atoms with Crippen LogP contribution >= 0.6 is 0 Å². The fraction of sp³-hybridized carbons (Fsp3) is 0.250. The molecule has 3 aromatic rings. The molecule has 12 heteroatoms. The van der Waals surface area contributed by atoms with Gasteiger partial charge in [0.15, 0.2) is 0 Å². The van der Waals surface area contributed by atoms with Gasteiger partial charge in [0.1, 0.15) is 11.0 Å². The van der Waals surface area contributed by atoms with Gasteiger partial charge >= 0.3 is 11.8 Å². The molecule has 0 amide bonds. The lowest BCUT2D eigenvalue weighted by molar-refractivity contribution is -0.166. The number of hydrogen-bond donors (Lipinski definition) is 1. The molecule has 0 bridgehead atoms. The van der Waals surface area contributed by atoms with E-state index >= 15 is 0 Å². The Morgan fingerprint density at radius 1 is 0.964 bits per heavy atom. The molecule has 1 aromatic heterocycles. The molecule has 1 aliphatic rings. The highest BCUT2D eigenvalue weighted by Gasteiger charge is 2.65. The van der Waals surface area contributed by atoms with Crippen molar-refractivity contribution in [1.29, 1.82) is 0 Å². The van der Waals surface area contributed by atoms with Crippen LogP contribution in [0.5, 0.6) is 0 Å². The number of sulfonamides is 1. The number of nitrogens with one attached hydrogen (secondary N) is 1. The summed E-state index contributed by atoms with van der Waals surface area (Å²) in [5.74, 6) is -0.289. The lowest BCUT2D eigenvalue weighted by atomic mass is 10.0. The van der Waals surface area contributed by atoms with Crippen molar-refractivity contribution in [3.05, 3.63) is 59.2 Å². The van der Waals surface area contributed by atoms with Crippen molar-refractivity contribution in [2.45, 2.75) is 24.1 Å². The molecule has 0 radical (unpaired) electrons. The van der Waals surface area contributed by atoms with Crippen LogP contribution in [-0.4, -0.2) is 24.9 Å². The Morgan fingerprint density at radius 2 is 1.61 bits per heavy atom. The van der Waals surface area contributed by atoms with E-state index in [9.17, 15) is 21.6 Å². The van der Waals surface area contributed by atoms with Gasteiger partial charge in [-0.2, -0.15) is 13.2 Å². The molecular weight excluding hydrogens is 399 g/mol. The first-order chi connectivity index (χ1) is 13.2. The quantitative estimate of drug-likeness (QED) is 0.671. The van der Waals surface area contributed by atoms with Crippen LogP contribution < -0.4 is 4.72 Å². The summed E-state index contributed by atoms with van der Waals surface area (Å²) in [6, 6.07) is 10.0. The van der Waals surface area contributed by atoms with E-state index in [0.29, 0.717) is 22.2 Å². The molecule has 28 heavy (non-hydrogen) atoms. The van der Waals surface area contributed by atoms with Crippen LogP contribution in [0.1, 0.15) is 16.7 Å². The molecule has 8 nitrogen and oxygen atoms in total. The Kier molecular flexibility index (Phi) is 4.19. The highest BCUT2D eigenvalue weighted by atomic mass is 32.2. The first-order valence-corrected chi connectivity index (χ1v) is 9.62. The van der Waals surface area contributed by atoms with Gasteiger partial charge in [-0.25, -0.2) is 17.8 Å². The molecule has 1 N–H and O–H groups in total. The molecule has 0 saturated carbocycles. The molecule has 2 aromatic carbocycles. The van der Waals surface area contributed by atoms with Gasteiger partial charge in [0.25, 0.3) is 0 Å². The van der Waals surface area contributed by atoms with Gasteiger partial charge in [-0.1, -0.05) is 30.3 Å². The third-order valence-electron chi connectivity index (χ3n) is 4.22. The number of fused-ring (bicyclic) bond motifs is 1. The first-order valence-electron chi connectivity index (χ1n) is 7.97. The van der Waals surface area contributed by atoms with E-state index in [1.54, 1.807) is 18.2 Å². The summed E-state index contributed by atoms with van der Waals surface area (Å²) >= 11 is 0. The van der Waals surface area contributed by atoms with Crippen LogP contribution in [0.2, 0.25) is 0 Å². The SMILES string of the molecule is O=S(=O)(Cc1ccc2nonc2c1)NCc1ccc(C2(C(F)(F)F)N=N2)cc1. The smallest absolute Gasteiger partial charge is 0.243 e. The van der Waals surface area contributed by atoms with Gasteiger partial charge in [-0.15, -0.1) is 10.2 Å². The lowest BCUT2D eigenvalue weighted by Gasteiger charge is -2.15. The van der Waals surface area contributed by atoms with Crippen LogP contribution in [0.15, 0.2) is 57.3 Å². The molecular formula is C16H12F3N5O3S. The van der Waals surface area contributed by atoms with Gasteiger partial charge in [-0.3, -0.25) is 0 Å². The molecule has 4 rings (SSSR count). The second-order valence-corrected chi connectivity index (χ2v) is 8.04. The Bertz CT molecular complexity index is 1150. The summed E-state index contributed by atoms with van der Waals surface area (Å²) in [5.41, 5.74) is -0.643. The number of nitrogens with zero attached hydrogens (tertiary/aromatic N) is 4. The van der Waals surface area contributed by atoms with Crippen LogP contribution in [0.25, 0.3) is 11.0 Å². The van der Waals surface area contributed by atoms with E-state index in [1.165, 1.54) is 24.3 Å². The fourth-order valence-corrected chi connectivity index (χ4v) is 3.79. The van der Waals surface area contributed by atoms with Gasteiger partial charge in [-0.05, 0) is 33.6 Å². The molecule has 0 fully saturated rings. The van der Waals surface area contributed by atoms with Crippen molar-refractivity contribution in [2.24, 2.45) is 10.2 Å². The monoisotopic (exact) mass is 411 g/mol. The molecule has 0 saturated heterocycles. The van der Waals surface area contributed by atoms with E-state index < -0.39 is 21.9 Å². The van der Waals surface area contributed by atoms with E-state index in [1.807, 2.05) is 0 Å². The maximum Gasteiger partial charge on any atom is 0.442 e. The molecule has 146 valence electrons. The molecule has 0 unspecified atom stereocenters. The number of alkyl halides is 3. The van der Waals surface area contributed by atoms with E-state index in [4.69, 9.17) is 0 Å². The Morgan fingerprint density at radius 3 is 2.25 bits per heavy atom. The number of halogens is 3. The maximum atomic E-state index is 13.0. The topological polar surface area (TPSA) is 110 Å². The summed E-state index contributed by atoms with van der Waals surface area (Å²) < 4.78 is 70.4. The zero-order chi connectivity index (χ0) is 20.0. The largest absolute Gasteiger partial charge is 0.442 e. The van der Waals surface area contributed by atoms with Gasteiger partial charge < -0.3 is 0 Å². The molecule has 0 atom stereocenters. The minimum absolute atomic E-state index is 0.0658. The molecule has 0 spiro atoms. The zero-order valence-corrected chi connectivity index (χ0v) is 14.8. The standard InChI is InChI=1S/C16H12F3N5O3S/c17-16(18,19)15(23-24-15)12-4-1-10(2-5-12)8-20-28(25,26)9-11-3-6-13-14(7-11)22-27-21-13/h1-7,20H,8-9H2. The average molecular weight is 411 g/mol. The number of benzene rings is 2. The van der Waals surface area contributed by atoms with E-state index in [0.717, 1.165) is 0 Å². The van der Waals surface area contributed by atoms with Gasteiger partial charge in [0.05, 0.1) is 5.75 Å². The second-order valence-electron chi connectivity index (χ2n) is 6.23. The number of aromatic nitrogens is 2. The number of hydrogen-bond acceptors (Lipinski definition) is 7. The van der Waals surface area contributed by atoms with Crippen molar-refractivity contribution in [2.75, 3.05) is 0 Å². The van der Waals surface area contributed by atoms with E-state index in [-0.39, 0.29) is 17.9 Å². The van der Waals surface area contributed by atoms with E-state index in [2.05, 4.69) is 29.9 Å². The minimum Gasteiger partial charge on any atom is -0.243 e. The highest BCUT2D eigenvalue weighted by molar-refractivity contribution is 7.88. The first kappa shape index (κ1) is 18.5. The maximum absolute atomic E-state index is 13.0. The Hall–Kier alpha value is -2.86. The minimum atomic E-state index is -4.60. The van der Waals surface area contributed by atoms with Crippen molar-refractivity contribution in [3.8, 4) is 0 Å². The van der Waals surface area contributed by atoms with Crippen LogP contribution in [0.4, 0.5) is 13.2 Å². The molecule has 1 aliphatic heterocycles. The van der Waals surface area contributed by atoms with Crippen molar-refractivity contribution in [3.63, 3.8) is 0 Å². The normalized spacial score (nSPS) is 15.8. The van der Waals surface area contributed by atoms with Gasteiger partial charge in [0, 0.05) is 12.1 Å². The van der Waals surface area contributed by atoms with Crippen molar-refractivity contribution < 1.29 is 26.2 Å². The molecule has 0 aliphatic carbocycles. The zero-order valence-electron chi connectivity index (χ0n) is 14.0. The second kappa shape index (κ2) is 6.34. The summed E-state index contributed by atoms with van der Waals surface area (Å²) in [4.78, 5) is 0. The van der Waals surface area contributed by atoms with Crippen LogP contribution in [-0.2, 0) is 28.0 Å². The summed E-state index contributed by atoms with van der Waals surface area (Å²) in [6.07, 6.45) is -4.60. The predicted molar refractivity (Wildman–Crippen MR) is 90.3 cm³/mol. The summed E-state index contributed by atoms with van der Waals surface area (Å²) in [5, 5.41) is 13.6. The summed E-state index contributed by atoms with van der Waals surface area (Å²) in [6.45, 7) is -0.0658. The molecule has 2 heterocycles. The predicted octanol–water partition coefficient (Wildman–Crippen LogP) is 3.02. The Balaban J connectivity index is 1.40. The third-order valence-corrected chi connectivity index (χ3v) is 5.52. The number of rotatable bonds is 6. The van der Waals surface area contributed by atoms with Crippen LogP contribution in [0.3, 0.4) is 0 Å². The average Bonchev–Trinajstić information content (AvgIpc) is 3.33. The fourth-order valence-electron chi connectivity index (χ4n) is 2.68. The lowest BCUT2D eigenvalue weighted by Crippen LogP contribution is -2.30. The Labute approximate surface area is 156 Å². The summed E-state index contributed by atoms with van der Waals surface area (Å²) in [7, 11) is -3.68. The van der Waals surface area contributed by atoms with Crippen LogP contribution in [0, 0.1) is 0 Å². The third kappa shape index (κ3) is 3.47. The highest BCUT2D eigenvalue weighted by Crippen LogP contribution is 2.52. The van der Waals surface area contributed by atoms with Crippen molar-refractivity contribution in [1.82, 2.24) is 15.0 Å². The van der Waals surface area contributed by atoms with Gasteiger partial charge in [0.2, 0.25) is 10.0 Å². The van der Waals surface area contributed by atoms with Crippen molar-refractivity contribution >= 4 is 21.1 Å².